The topological polar surface area (TPSA) is 38.0 Å². The zero-order valence-corrected chi connectivity index (χ0v) is 8.76. The summed E-state index contributed by atoms with van der Waals surface area (Å²) in [5.41, 5.74) is 6.80. The van der Waals surface area contributed by atoms with Crippen molar-refractivity contribution in [3.63, 3.8) is 0 Å². The zero-order valence-electron chi connectivity index (χ0n) is 7.94. The van der Waals surface area contributed by atoms with Gasteiger partial charge in [0.05, 0.1) is 6.04 Å². The molecule has 0 heterocycles. The molecule has 1 unspecified atom stereocenters. The fourth-order valence-corrected chi connectivity index (χ4v) is 1.84. The second-order valence-corrected chi connectivity index (χ2v) is 4.17. The monoisotopic (exact) mass is 206 g/mol. The van der Waals surface area contributed by atoms with E-state index in [4.69, 9.17) is 18.0 Å². The molecule has 0 aliphatic heterocycles. The first kappa shape index (κ1) is 9.46. The quantitative estimate of drug-likeness (QED) is 0.743. The lowest BCUT2D eigenvalue weighted by Crippen LogP contribution is -2.33. The van der Waals surface area contributed by atoms with Gasteiger partial charge in [-0.15, -0.1) is 0 Å². The third-order valence-electron chi connectivity index (χ3n) is 2.55. The highest BCUT2D eigenvalue weighted by molar-refractivity contribution is 7.80. The molecule has 14 heavy (non-hydrogen) atoms. The van der Waals surface area contributed by atoms with Crippen molar-refractivity contribution in [3.8, 4) is 0 Å². The van der Waals surface area contributed by atoms with Gasteiger partial charge in [0.2, 0.25) is 0 Å². The van der Waals surface area contributed by atoms with Crippen LogP contribution in [0, 0.1) is 5.92 Å². The largest absolute Gasteiger partial charge is 0.376 e. The molecule has 0 spiro atoms. The Balaban J connectivity index is 2.14. The first-order chi connectivity index (χ1) is 6.77. The summed E-state index contributed by atoms with van der Waals surface area (Å²) in [6.07, 6.45) is 2.55. The molecule has 74 valence electrons. The Morgan fingerprint density at radius 3 is 2.50 bits per heavy atom. The Labute approximate surface area is 89.5 Å². The van der Waals surface area contributed by atoms with Crippen LogP contribution in [0.4, 0.5) is 0 Å². The number of rotatable bonds is 3. The van der Waals surface area contributed by atoms with Gasteiger partial charge in [-0.25, -0.2) is 0 Å². The Morgan fingerprint density at radius 2 is 2.00 bits per heavy atom. The summed E-state index contributed by atoms with van der Waals surface area (Å²) in [4.78, 5) is 0. The summed E-state index contributed by atoms with van der Waals surface area (Å²) in [6, 6.07) is 10.7. The van der Waals surface area contributed by atoms with E-state index >= 15 is 0 Å². The standard InChI is InChI=1S/C11H14N2S/c12-11(14)13-10(9-6-7-9)8-4-2-1-3-5-8/h1-5,9-10H,6-7H2,(H3,12,13,14). The molecule has 0 bridgehead atoms. The average molecular weight is 206 g/mol. The van der Waals surface area contributed by atoms with Crippen molar-refractivity contribution in [2.75, 3.05) is 0 Å². The molecule has 1 aromatic carbocycles. The molecule has 2 rings (SSSR count). The predicted molar refractivity (Wildman–Crippen MR) is 61.8 cm³/mol. The lowest BCUT2D eigenvalue weighted by Gasteiger charge is -2.18. The van der Waals surface area contributed by atoms with Crippen molar-refractivity contribution in [2.24, 2.45) is 11.7 Å². The molecule has 1 aliphatic rings. The van der Waals surface area contributed by atoms with Gasteiger partial charge in [-0.2, -0.15) is 0 Å². The van der Waals surface area contributed by atoms with Crippen LogP contribution in [-0.4, -0.2) is 5.11 Å². The Hall–Kier alpha value is -1.09. The van der Waals surface area contributed by atoms with Crippen molar-refractivity contribution < 1.29 is 0 Å². The van der Waals surface area contributed by atoms with Gasteiger partial charge >= 0.3 is 0 Å². The van der Waals surface area contributed by atoms with Gasteiger partial charge in [-0.3, -0.25) is 0 Å². The fourth-order valence-electron chi connectivity index (χ4n) is 1.72. The van der Waals surface area contributed by atoms with Crippen LogP contribution in [0.15, 0.2) is 30.3 Å². The maximum atomic E-state index is 5.52. The van der Waals surface area contributed by atoms with Gasteiger partial charge in [0, 0.05) is 0 Å². The van der Waals surface area contributed by atoms with E-state index in [2.05, 4.69) is 17.4 Å². The van der Waals surface area contributed by atoms with Gasteiger partial charge < -0.3 is 11.1 Å². The zero-order chi connectivity index (χ0) is 9.97. The van der Waals surface area contributed by atoms with Crippen LogP contribution >= 0.6 is 12.2 Å². The Morgan fingerprint density at radius 1 is 1.36 bits per heavy atom. The van der Waals surface area contributed by atoms with E-state index in [1.54, 1.807) is 0 Å². The van der Waals surface area contributed by atoms with E-state index in [9.17, 15) is 0 Å². The second kappa shape index (κ2) is 3.96. The minimum absolute atomic E-state index is 0.314. The highest BCUT2D eigenvalue weighted by atomic mass is 32.1. The fraction of sp³-hybridized carbons (Fsp3) is 0.364. The average Bonchev–Trinajstić information content (AvgIpc) is 2.99. The number of hydrogen-bond acceptors (Lipinski definition) is 1. The summed E-state index contributed by atoms with van der Waals surface area (Å²) in [6.45, 7) is 0. The highest BCUT2D eigenvalue weighted by Crippen LogP contribution is 2.40. The first-order valence-electron chi connectivity index (χ1n) is 4.88. The molecule has 1 aliphatic carbocycles. The highest BCUT2D eigenvalue weighted by Gasteiger charge is 2.32. The van der Waals surface area contributed by atoms with E-state index in [0.29, 0.717) is 17.1 Å². The van der Waals surface area contributed by atoms with E-state index in [0.717, 1.165) is 0 Å². The number of hydrogen-bond donors (Lipinski definition) is 2. The molecule has 1 fully saturated rings. The molecule has 3 N–H and O–H groups in total. The van der Waals surface area contributed by atoms with Crippen LogP contribution in [-0.2, 0) is 0 Å². The minimum Gasteiger partial charge on any atom is -0.376 e. The van der Waals surface area contributed by atoms with Crippen LogP contribution in [0.3, 0.4) is 0 Å². The van der Waals surface area contributed by atoms with Crippen LogP contribution in [0.25, 0.3) is 0 Å². The molecule has 1 atom stereocenters. The van der Waals surface area contributed by atoms with Crippen LogP contribution in [0.1, 0.15) is 24.4 Å². The van der Waals surface area contributed by atoms with Gasteiger partial charge in [0.15, 0.2) is 5.11 Å². The molecule has 0 radical (unpaired) electrons. The molecule has 0 saturated heterocycles. The maximum Gasteiger partial charge on any atom is 0.164 e. The molecular formula is C11H14N2S. The van der Waals surface area contributed by atoms with Crippen molar-refractivity contribution in [1.29, 1.82) is 0 Å². The number of nitrogens with one attached hydrogen (secondary N) is 1. The predicted octanol–water partition coefficient (Wildman–Crippen LogP) is 1.97. The van der Waals surface area contributed by atoms with Gasteiger partial charge in [-0.05, 0) is 36.5 Å². The summed E-state index contributed by atoms with van der Waals surface area (Å²) in [7, 11) is 0. The minimum atomic E-state index is 0.314. The molecule has 3 heteroatoms. The summed E-state index contributed by atoms with van der Waals surface area (Å²) in [5, 5.41) is 3.56. The molecule has 2 nitrogen and oxygen atoms in total. The molecule has 0 amide bonds. The molecule has 0 aromatic heterocycles. The number of nitrogens with two attached hydrogens (primary N) is 1. The van der Waals surface area contributed by atoms with E-state index < -0.39 is 0 Å². The summed E-state index contributed by atoms with van der Waals surface area (Å²) < 4.78 is 0. The number of benzene rings is 1. The molecular weight excluding hydrogens is 192 g/mol. The van der Waals surface area contributed by atoms with E-state index in [1.165, 1.54) is 18.4 Å². The van der Waals surface area contributed by atoms with Crippen molar-refractivity contribution in [3.05, 3.63) is 35.9 Å². The van der Waals surface area contributed by atoms with Crippen molar-refractivity contribution in [2.45, 2.75) is 18.9 Å². The van der Waals surface area contributed by atoms with Crippen molar-refractivity contribution in [1.82, 2.24) is 5.32 Å². The molecule has 1 saturated carbocycles. The third-order valence-corrected chi connectivity index (χ3v) is 2.67. The smallest absolute Gasteiger partial charge is 0.164 e. The van der Waals surface area contributed by atoms with Crippen molar-refractivity contribution >= 4 is 17.3 Å². The van der Waals surface area contributed by atoms with Crippen LogP contribution < -0.4 is 11.1 Å². The number of thiocarbonyl (C=S) groups is 1. The lowest BCUT2D eigenvalue weighted by molar-refractivity contribution is 0.572. The van der Waals surface area contributed by atoms with E-state index in [-0.39, 0.29) is 0 Å². The Bertz CT molecular complexity index is 319. The maximum absolute atomic E-state index is 5.52. The van der Waals surface area contributed by atoms with Crippen LogP contribution in [0.5, 0.6) is 0 Å². The first-order valence-corrected chi connectivity index (χ1v) is 5.29. The SMILES string of the molecule is NC(=S)NC(c1ccccc1)C1CC1. The lowest BCUT2D eigenvalue weighted by atomic mass is 10.0. The van der Waals surface area contributed by atoms with Crippen LogP contribution in [0.2, 0.25) is 0 Å². The summed E-state index contributed by atoms with van der Waals surface area (Å²) >= 11 is 4.89. The van der Waals surface area contributed by atoms with Gasteiger partial charge in [-0.1, -0.05) is 30.3 Å². The second-order valence-electron chi connectivity index (χ2n) is 3.73. The van der Waals surface area contributed by atoms with Gasteiger partial charge in [0.1, 0.15) is 0 Å². The van der Waals surface area contributed by atoms with Gasteiger partial charge in [0.25, 0.3) is 0 Å². The summed E-state index contributed by atoms with van der Waals surface area (Å²) in [5.74, 6) is 0.707. The normalized spacial score (nSPS) is 17.4. The third kappa shape index (κ3) is 2.23. The Kier molecular flexibility index (Phi) is 2.68. The van der Waals surface area contributed by atoms with E-state index in [1.807, 2.05) is 18.2 Å². The molecule has 1 aromatic rings.